The lowest BCUT2D eigenvalue weighted by Gasteiger charge is -2.34. The number of benzene rings is 1. The summed E-state index contributed by atoms with van der Waals surface area (Å²) in [5.41, 5.74) is 0.884. The van der Waals surface area contributed by atoms with Crippen LogP contribution in [0.4, 0.5) is 0 Å². The molecule has 0 radical (unpaired) electrons. The third-order valence-electron chi connectivity index (χ3n) is 4.07. The van der Waals surface area contributed by atoms with Crippen LogP contribution in [0.5, 0.6) is 0 Å². The van der Waals surface area contributed by atoms with Crippen molar-refractivity contribution in [1.82, 2.24) is 10.2 Å². The lowest BCUT2D eigenvalue weighted by molar-refractivity contribution is -0.153. The molecule has 3 rings (SSSR count). The Morgan fingerprint density at radius 2 is 2.05 bits per heavy atom. The molecule has 2 amide bonds. The summed E-state index contributed by atoms with van der Waals surface area (Å²) < 4.78 is 5.16. The Balaban J connectivity index is 1.55. The minimum absolute atomic E-state index is 0.124. The number of hydrogen-bond donors (Lipinski definition) is 1. The van der Waals surface area contributed by atoms with Crippen molar-refractivity contribution in [3.8, 4) is 0 Å². The zero-order valence-electron chi connectivity index (χ0n) is 12.2. The first-order valence-corrected chi connectivity index (χ1v) is 7.45. The van der Waals surface area contributed by atoms with Gasteiger partial charge >= 0.3 is 5.97 Å². The van der Waals surface area contributed by atoms with Crippen molar-refractivity contribution < 1.29 is 19.1 Å². The van der Waals surface area contributed by atoms with Gasteiger partial charge in [0.1, 0.15) is 18.7 Å². The molecule has 0 spiro atoms. The number of rotatable bonds is 4. The fourth-order valence-corrected chi connectivity index (χ4v) is 2.93. The van der Waals surface area contributed by atoms with Crippen LogP contribution in [-0.4, -0.2) is 41.3 Å². The molecule has 22 heavy (non-hydrogen) atoms. The van der Waals surface area contributed by atoms with Crippen molar-refractivity contribution in [3.63, 3.8) is 0 Å². The Bertz CT molecular complexity index is 587. The van der Waals surface area contributed by atoms with E-state index in [-0.39, 0.29) is 30.9 Å². The van der Waals surface area contributed by atoms with Crippen LogP contribution in [0.15, 0.2) is 30.3 Å². The van der Waals surface area contributed by atoms with E-state index in [4.69, 9.17) is 4.74 Å². The average molecular weight is 302 g/mol. The van der Waals surface area contributed by atoms with Crippen LogP contribution in [0.25, 0.3) is 0 Å². The van der Waals surface area contributed by atoms with Gasteiger partial charge in [0.05, 0.1) is 6.42 Å². The maximum Gasteiger partial charge on any atom is 0.308 e. The molecule has 2 atom stereocenters. The standard InChI is InChI=1S/C16H18N2O4/c19-14(22-10-11-5-2-1-3-6-11)9-12-16(21)18-8-4-7-13(18)15(20)17-12/h1-3,5-6,12-13H,4,7-10H2,(H,17,20). The zero-order valence-corrected chi connectivity index (χ0v) is 12.2. The highest BCUT2D eigenvalue weighted by Crippen LogP contribution is 2.23. The van der Waals surface area contributed by atoms with Gasteiger partial charge in [0.15, 0.2) is 0 Å². The second-order valence-electron chi connectivity index (χ2n) is 5.60. The van der Waals surface area contributed by atoms with Gasteiger partial charge in [0.25, 0.3) is 0 Å². The van der Waals surface area contributed by atoms with Gasteiger partial charge in [-0.3, -0.25) is 14.4 Å². The summed E-state index contributed by atoms with van der Waals surface area (Å²) in [6.07, 6.45) is 1.40. The molecule has 116 valence electrons. The van der Waals surface area contributed by atoms with E-state index in [1.807, 2.05) is 30.3 Å². The van der Waals surface area contributed by atoms with Crippen molar-refractivity contribution in [3.05, 3.63) is 35.9 Å². The fraction of sp³-hybridized carbons (Fsp3) is 0.438. The molecule has 2 unspecified atom stereocenters. The van der Waals surface area contributed by atoms with Gasteiger partial charge in [-0.15, -0.1) is 0 Å². The zero-order chi connectivity index (χ0) is 15.5. The van der Waals surface area contributed by atoms with Gasteiger partial charge in [0.2, 0.25) is 11.8 Å². The number of esters is 1. The maximum absolute atomic E-state index is 12.3. The van der Waals surface area contributed by atoms with Crippen LogP contribution in [0, 0.1) is 0 Å². The molecule has 0 bridgehead atoms. The monoisotopic (exact) mass is 302 g/mol. The predicted molar refractivity (Wildman–Crippen MR) is 77.5 cm³/mol. The number of piperazine rings is 1. The van der Waals surface area contributed by atoms with Crippen LogP contribution >= 0.6 is 0 Å². The highest BCUT2D eigenvalue weighted by molar-refractivity contribution is 5.99. The summed E-state index contributed by atoms with van der Waals surface area (Å²) in [7, 11) is 0. The molecule has 2 fully saturated rings. The number of carbonyl (C=O) groups is 3. The van der Waals surface area contributed by atoms with Crippen molar-refractivity contribution >= 4 is 17.8 Å². The largest absolute Gasteiger partial charge is 0.461 e. The van der Waals surface area contributed by atoms with Gasteiger partial charge in [-0.25, -0.2) is 0 Å². The molecule has 1 aromatic carbocycles. The molecule has 0 aliphatic carbocycles. The molecular formula is C16H18N2O4. The fourth-order valence-electron chi connectivity index (χ4n) is 2.93. The summed E-state index contributed by atoms with van der Waals surface area (Å²) in [4.78, 5) is 37.7. The van der Waals surface area contributed by atoms with E-state index in [1.165, 1.54) is 0 Å². The summed E-state index contributed by atoms with van der Waals surface area (Å²) in [6, 6.07) is 8.16. The summed E-state index contributed by atoms with van der Waals surface area (Å²) in [5, 5.41) is 2.64. The third-order valence-corrected chi connectivity index (χ3v) is 4.07. The summed E-state index contributed by atoms with van der Waals surface area (Å²) in [6.45, 7) is 0.757. The lowest BCUT2D eigenvalue weighted by Crippen LogP contribution is -2.61. The number of ether oxygens (including phenoxy) is 1. The first kappa shape index (κ1) is 14.6. The van der Waals surface area contributed by atoms with E-state index < -0.39 is 12.0 Å². The first-order valence-electron chi connectivity index (χ1n) is 7.45. The first-order chi connectivity index (χ1) is 10.6. The van der Waals surface area contributed by atoms with E-state index in [2.05, 4.69) is 5.32 Å². The molecule has 2 aliphatic heterocycles. The van der Waals surface area contributed by atoms with Gasteiger partial charge < -0.3 is 15.0 Å². The van der Waals surface area contributed by atoms with Crippen LogP contribution in [0.3, 0.4) is 0 Å². The topological polar surface area (TPSA) is 75.7 Å². The molecule has 2 saturated heterocycles. The maximum atomic E-state index is 12.3. The number of amides is 2. The van der Waals surface area contributed by atoms with Crippen LogP contribution < -0.4 is 5.32 Å². The Kier molecular flexibility index (Phi) is 4.09. The number of nitrogens with one attached hydrogen (secondary N) is 1. The Labute approximate surface area is 128 Å². The number of carbonyl (C=O) groups excluding carboxylic acids is 3. The molecule has 0 saturated carbocycles. The number of hydrogen-bond acceptors (Lipinski definition) is 4. The molecule has 2 aliphatic rings. The van der Waals surface area contributed by atoms with Crippen molar-refractivity contribution in [2.75, 3.05) is 6.54 Å². The van der Waals surface area contributed by atoms with E-state index in [0.717, 1.165) is 12.0 Å². The Morgan fingerprint density at radius 1 is 1.27 bits per heavy atom. The quantitative estimate of drug-likeness (QED) is 0.827. The molecule has 1 aromatic rings. The van der Waals surface area contributed by atoms with Gasteiger partial charge in [0, 0.05) is 6.54 Å². The molecule has 2 heterocycles. The SMILES string of the molecule is O=C(CC1NC(=O)C2CCCN2C1=O)OCc1ccccc1. The third kappa shape index (κ3) is 2.95. The lowest BCUT2D eigenvalue weighted by atomic mass is 10.1. The van der Waals surface area contributed by atoms with E-state index in [1.54, 1.807) is 4.90 Å². The van der Waals surface area contributed by atoms with Crippen LogP contribution in [0.1, 0.15) is 24.8 Å². The van der Waals surface area contributed by atoms with Gasteiger partial charge in [-0.2, -0.15) is 0 Å². The molecule has 1 N–H and O–H groups in total. The van der Waals surface area contributed by atoms with Crippen molar-refractivity contribution in [2.24, 2.45) is 0 Å². The second kappa shape index (κ2) is 6.17. The summed E-state index contributed by atoms with van der Waals surface area (Å²) in [5.74, 6) is -0.836. The predicted octanol–water partition coefficient (Wildman–Crippen LogP) is 0.609. The normalized spacial score (nSPS) is 23.9. The van der Waals surface area contributed by atoms with E-state index in [0.29, 0.717) is 13.0 Å². The molecular weight excluding hydrogens is 284 g/mol. The molecule has 0 aromatic heterocycles. The van der Waals surface area contributed by atoms with E-state index >= 15 is 0 Å². The van der Waals surface area contributed by atoms with Gasteiger partial charge in [-0.05, 0) is 18.4 Å². The average Bonchev–Trinajstić information content (AvgIpc) is 3.02. The minimum atomic E-state index is -0.801. The minimum Gasteiger partial charge on any atom is -0.461 e. The molecule has 6 nitrogen and oxygen atoms in total. The number of fused-ring (bicyclic) bond motifs is 1. The smallest absolute Gasteiger partial charge is 0.308 e. The second-order valence-corrected chi connectivity index (χ2v) is 5.60. The van der Waals surface area contributed by atoms with E-state index in [9.17, 15) is 14.4 Å². The van der Waals surface area contributed by atoms with Crippen molar-refractivity contribution in [1.29, 1.82) is 0 Å². The van der Waals surface area contributed by atoms with Crippen LogP contribution in [-0.2, 0) is 25.7 Å². The Morgan fingerprint density at radius 3 is 2.82 bits per heavy atom. The van der Waals surface area contributed by atoms with Gasteiger partial charge in [-0.1, -0.05) is 30.3 Å². The summed E-state index contributed by atoms with van der Waals surface area (Å²) >= 11 is 0. The highest BCUT2D eigenvalue weighted by Gasteiger charge is 2.43. The number of nitrogens with zero attached hydrogens (tertiary/aromatic N) is 1. The Hall–Kier alpha value is -2.37. The van der Waals surface area contributed by atoms with Crippen molar-refractivity contribution in [2.45, 2.75) is 38.0 Å². The van der Waals surface area contributed by atoms with Crippen LogP contribution in [0.2, 0.25) is 0 Å². The molecule has 6 heteroatoms. The highest BCUT2D eigenvalue weighted by atomic mass is 16.5.